The SMILES string of the molecule is CC1=NN(c2ccccc2)C(=O)C1.Nc1ccc(O)cc1. The average molecular weight is 283 g/mol. The zero-order chi connectivity index (χ0) is 15.2. The molecule has 5 nitrogen and oxygen atoms in total. The van der Waals surface area contributed by atoms with E-state index in [1.807, 2.05) is 37.3 Å². The van der Waals surface area contributed by atoms with Gasteiger partial charge in [0, 0.05) is 11.4 Å². The molecule has 2 aromatic rings. The molecule has 5 heteroatoms. The summed E-state index contributed by atoms with van der Waals surface area (Å²) in [4.78, 5) is 11.4. The van der Waals surface area contributed by atoms with Gasteiger partial charge in [0.05, 0.1) is 12.1 Å². The molecule has 0 bridgehead atoms. The number of aromatic hydroxyl groups is 1. The second-order valence-electron chi connectivity index (χ2n) is 4.64. The third-order valence-corrected chi connectivity index (χ3v) is 2.81. The summed E-state index contributed by atoms with van der Waals surface area (Å²) in [5.41, 5.74) is 7.69. The van der Waals surface area contributed by atoms with E-state index in [-0.39, 0.29) is 11.7 Å². The van der Waals surface area contributed by atoms with Crippen LogP contribution in [0.25, 0.3) is 0 Å². The standard InChI is InChI=1S/C10H10N2O.C6H7NO/c1-8-7-10(13)12(11-8)9-5-3-2-4-6-9;7-5-1-3-6(8)4-2-5/h2-6H,7H2,1H3;1-4,8H,7H2. The Balaban J connectivity index is 0.000000173. The van der Waals surface area contributed by atoms with Crippen LogP contribution in [0, 0.1) is 0 Å². The third-order valence-electron chi connectivity index (χ3n) is 2.81. The molecule has 0 saturated heterocycles. The van der Waals surface area contributed by atoms with Crippen LogP contribution >= 0.6 is 0 Å². The fourth-order valence-electron chi connectivity index (χ4n) is 1.80. The fraction of sp³-hybridized carbons (Fsp3) is 0.125. The predicted molar refractivity (Wildman–Crippen MR) is 84.2 cm³/mol. The quantitative estimate of drug-likeness (QED) is 0.624. The van der Waals surface area contributed by atoms with E-state index < -0.39 is 0 Å². The van der Waals surface area contributed by atoms with Crippen molar-refractivity contribution in [1.29, 1.82) is 0 Å². The summed E-state index contributed by atoms with van der Waals surface area (Å²) in [5, 5.41) is 14.3. The maximum Gasteiger partial charge on any atom is 0.253 e. The lowest BCUT2D eigenvalue weighted by atomic mass is 10.3. The van der Waals surface area contributed by atoms with E-state index in [4.69, 9.17) is 10.8 Å². The Bertz CT molecular complexity index is 615. The van der Waals surface area contributed by atoms with Gasteiger partial charge < -0.3 is 10.8 Å². The Kier molecular flexibility index (Phi) is 4.56. The summed E-state index contributed by atoms with van der Waals surface area (Å²) in [6, 6.07) is 15.9. The van der Waals surface area contributed by atoms with Gasteiger partial charge in [0.15, 0.2) is 0 Å². The molecule has 0 radical (unpaired) electrons. The Labute approximate surface area is 123 Å². The fourth-order valence-corrected chi connectivity index (χ4v) is 1.80. The first kappa shape index (κ1) is 14.6. The highest BCUT2D eigenvalue weighted by Crippen LogP contribution is 2.19. The minimum Gasteiger partial charge on any atom is -0.508 e. The lowest BCUT2D eigenvalue weighted by molar-refractivity contribution is -0.116. The molecule has 21 heavy (non-hydrogen) atoms. The van der Waals surface area contributed by atoms with Crippen molar-refractivity contribution in [3.05, 3.63) is 54.6 Å². The van der Waals surface area contributed by atoms with Crippen LogP contribution in [0.5, 0.6) is 5.75 Å². The molecule has 0 spiro atoms. The molecule has 0 atom stereocenters. The van der Waals surface area contributed by atoms with E-state index in [1.165, 1.54) is 5.01 Å². The number of amides is 1. The molecule has 1 amide bonds. The van der Waals surface area contributed by atoms with E-state index >= 15 is 0 Å². The van der Waals surface area contributed by atoms with Gasteiger partial charge in [0.2, 0.25) is 0 Å². The van der Waals surface area contributed by atoms with Crippen LogP contribution < -0.4 is 10.7 Å². The summed E-state index contributed by atoms with van der Waals surface area (Å²) >= 11 is 0. The molecule has 0 aromatic heterocycles. The van der Waals surface area contributed by atoms with Gasteiger partial charge in [-0.25, -0.2) is 5.01 Å². The molecule has 1 aliphatic rings. The first-order chi connectivity index (χ1) is 10.1. The highest BCUT2D eigenvalue weighted by molar-refractivity contribution is 6.12. The first-order valence-electron chi connectivity index (χ1n) is 6.53. The van der Waals surface area contributed by atoms with Gasteiger partial charge in [0.25, 0.3) is 5.91 Å². The van der Waals surface area contributed by atoms with Crippen molar-refractivity contribution in [2.75, 3.05) is 10.7 Å². The molecule has 0 saturated carbocycles. The van der Waals surface area contributed by atoms with Gasteiger partial charge in [-0.1, -0.05) is 18.2 Å². The van der Waals surface area contributed by atoms with Crippen LogP contribution in [0.15, 0.2) is 59.7 Å². The number of nitrogens with zero attached hydrogens (tertiary/aromatic N) is 2. The van der Waals surface area contributed by atoms with Gasteiger partial charge in [-0.3, -0.25) is 4.79 Å². The highest BCUT2D eigenvalue weighted by Gasteiger charge is 2.21. The Hall–Kier alpha value is -2.82. The minimum absolute atomic E-state index is 0.0451. The van der Waals surface area contributed by atoms with Crippen molar-refractivity contribution < 1.29 is 9.90 Å². The number of benzene rings is 2. The van der Waals surface area contributed by atoms with Crippen LogP contribution in [-0.2, 0) is 4.79 Å². The monoisotopic (exact) mass is 283 g/mol. The smallest absolute Gasteiger partial charge is 0.253 e. The van der Waals surface area contributed by atoms with Gasteiger partial charge in [-0.05, 0) is 43.3 Å². The van der Waals surface area contributed by atoms with Crippen LogP contribution in [-0.4, -0.2) is 16.7 Å². The maximum atomic E-state index is 11.4. The number of anilines is 2. The average Bonchev–Trinajstić information content (AvgIpc) is 2.83. The number of para-hydroxylation sites is 1. The normalized spacial score (nSPS) is 13.5. The van der Waals surface area contributed by atoms with E-state index in [1.54, 1.807) is 24.3 Å². The minimum atomic E-state index is 0.0451. The molecule has 0 fully saturated rings. The number of hydrogen-bond donors (Lipinski definition) is 2. The number of hydrogen-bond acceptors (Lipinski definition) is 4. The maximum absolute atomic E-state index is 11.4. The first-order valence-corrected chi connectivity index (χ1v) is 6.53. The number of carbonyl (C=O) groups excluding carboxylic acids is 1. The van der Waals surface area contributed by atoms with E-state index in [0.29, 0.717) is 12.1 Å². The van der Waals surface area contributed by atoms with E-state index in [2.05, 4.69) is 5.10 Å². The predicted octanol–water partition coefficient (Wildman–Crippen LogP) is 2.77. The second kappa shape index (κ2) is 6.56. The molecule has 1 aliphatic heterocycles. The topological polar surface area (TPSA) is 78.9 Å². The molecular formula is C16H17N3O2. The molecule has 0 unspecified atom stereocenters. The molecule has 0 aliphatic carbocycles. The number of phenolic OH excluding ortho intramolecular Hbond substituents is 1. The van der Waals surface area contributed by atoms with Crippen molar-refractivity contribution in [1.82, 2.24) is 0 Å². The zero-order valence-corrected chi connectivity index (χ0v) is 11.7. The number of nitrogen functional groups attached to an aromatic ring is 1. The number of rotatable bonds is 1. The van der Waals surface area contributed by atoms with E-state index in [0.717, 1.165) is 11.4 Å². The van der Waals surface area contributed by atoms with Crippen molar-refractivity contribution in [3.63, 3.8) is 0 Å². The number of nitrogens with two attached hydrogens (primary N) is 1. The molecule has 3 rings (SSSR count). The van der Waals surface area contributed by atoms with Gasteiger partial charge in [-0.2, -0.15) is 5.10 Å². The Morgan fingerprint density at radius 1 is 1.10 bits per heavy atom. The van der Waals surface area contributed by atoms with Gasteiger partial charge in [-0.15, -0.1) is 0 Å². The van der Waals surface area contributed by atoms with Crippen LogP contribution in [0.2, 0.25) is 0 Å². The van der Waals surface area contributed by atoms with Crippen LogP contribution in [0.3, 0.4) is 0 Å². The lowest BCUT2D eigenvalue weighted by Gasteiger charge is -2.10. The zero-order valence-electron chi connectivity index (χ0n) is 11.7. The lowest BCUT2D eigenvalue weighted by Crippen LogP contribution is -2.19. The molecular weight excluding hydrogens is 266 g/mol. The Morgan fingerprint density at radius 2 is 1.71 bits per heavy atom. The van der Waals surface area contributed by atoms with Crippen LogP contribution in [0.4, 0.5) is 11.4 Å². The summed E-state index contributed by atoms with van der Waals surface area (Å²) < 4.78 is 0. The number of phenols is 1. The summed E-state index contributed by atoms with van der Waals surface area (Å²) in [5.74, 6) is 0.294. The van der Waals surface area contributed by atoms with Gasteiger partial charge in [0.1, 0.15) is 5.75 Å². The van der Waals surface area contributed by atoms with Crippen molar-refractivity contribution in [3.8, 4) is 5.75 Å². The molecule has 3 N–H and O–H groups in total. The largest absolute Gasteiger partial charge is 0.508 e. The van der Waals surface area contributed by atoms with Gasteiger partial charge >= 0.3 is 0 Å². The highest BCUT2D eigenvalue weighted by atomic mass is 16.3. The number of carbonyl (C=O) groups is 1. The molecule has 2 aromatic carbocycles. The van der Waals surface area contributed by atoms with Crippen molar-refractivity contribution in [2.45, 2.75) is 13.3 Å². The summed E-state index contributed by atoms with van der Waals surface area (Å²) in [6.45, 7) is 1.86. The summed E-state index contributed by atoms with van der Waals surface area (Å²) in [6.07, 6.45) is 0.439. The van der Waals surface area contributed by atoms with E-state index in [9.17, 15) is 4.79 Å². The second-order valence-corrected chi connectivity index (χ2v) is 4.64. The van der Waals surface area contributed by atoms with Crippen LogP contribution in [0.1, 0.15) is 13.3 Å². The molecule has 1 heterocycles. The third kappa shape index (κ3) is 4.07. The number of hydrazone groups is 1. The van der Waals surface area contributed by atoms with Crippen molar-refractivity contribution >= 4 is 23.0 Å². The Morgan fingerprint density at radius 3 is 2.19 bits per heavy atom. The summed E-state index contributed by atoms with van der Waals surface area (Å²) in [7, 11) is 0. The molecule has 108 valence electrons. The van der Waals surface area contributed by atoms with Crippen molar-refractivity contribution in [2.24, 2.45) is 5.10 Å².